The minimum atomic E-state index is -0.476. The first kappa shape index (κ1) is 11.3. The topological polar surface area (TPSA) is 87.1 Å². The molecule has 0 spiro atoms. The van der Waals surface area contributed by atoms with E-state index in [1.165, 1.54) is 12.3 Å². The van der Waals surface area contributed by atoms with E-state index in [4.69, 9.17) is 11.6 Å². The Kier molecular flexibility index (Phi) is 3.33. The van der Waals surface area contributed by atoms with Crippen molar-refractivity contribution in [2.75, 3.05) is 11.9 Å². The van der Waals surface area contributed by atoms with Crippen LogP contribution in [0.5, 0.6) is 0 Å². The van der Waals surface area contributed by atoms with Crippen molar-refractivity contribution in [3.63, 3.8) is 0 Å². The Morgan fingerprint density at radius 2 is 2.50 bits per heavy atom. The summed E-state index contributed by atoms with van der Waals surface area (Å²) in [6.45, 7) is 0.425. The molecule has 86 valence electrons. The van der Waals surface area contributed by atoms with Gasteiger partial charge in [0.15, 0.2) is 0 Å². The minimum Gasteiger partial charge on any atom is -0.392 e. The molecule has 2 rings (SSSR count). The second-order valence-corrected chi connectivity index (χ2v) is 3.93. The van der Waals surface area contributed by atoms with Crippen LogP contribution in [-0.2, 0) is 4.79 Å². The lowest BCUT2D eigenvalue weighted by Crippen LogP contribution is -2.35. The van der Waals surface area contributed by atoms with Gasteiger partial charge in [-0.1, -0.05) is 11.6 Å². The largest absolute Gasteiger partial charge is 0.392 e. The van der Waals surface area contributed by atoms with E-state index < -0.39 is 12.1 Å². The average Bonchev–Trinajstić information content (AvgIpc) is 2.65. The number of β-amino-alcohol motifs (C(OH)–C–C–N with tert-alkyl or cyclic N) is 1. The van der Waals surface area contributed by atoms with E-state index in [1.54, 1.807) is 0 Å². The predicted molar refractivity (Wildman–Crippen MR) is 58.1 cm³/mol. The second-order valence-electron chi connectivity index (χ2n) is 3.54. The van der Waals surface area contributed by atoms with Crippen LogP contribution in [0.4, 0.5) is 5.95 Å². The monoisotopic (exact) mass is 242 g/mol. The lowest BCUT2D eigenvalue weighted by Gasteiger charge is -2.09. The predicted octanol–water partition coefficient (Wildman–Crippen LogP) is -0.209. The van der Waals surface area contributed by atoms with Crippen molar-refractivity contribution in [3.8, 4) is 0 Å². The molecule has 3 N–H and O–H groups in total. The van der Waals surface area contributed by atoms with Gasteiger partial charge in [0, 0.05) is 12.7 Å². The molecule has 7 heteroatoms. The van der Waals surface area contributed by atoms with E-state index >= 15 is 0 Å². The number of carbonyl (C=O) groups excluding carboxylic acids is 1. The maximum atomic E-state index is 11.7. The van der Waals surface area contributed by atoms with Crippen molar-refractivity contribution >= 4 is 23.5 Å². The molecular weight excluding hydrogens is 232 g/mol. The van der Waals surface area contributed by atoms with E-state index in [0.717, 1.165) is 0 Å². The molecule has 6 nitrogen and oxygen atoms in total. The molecule has 0 aliphatic carbocycles. The number of nitrogens with one attached hydrogen (secondary N) is 2. The van der Waals surface area contributed by atoms with Gasteiger partial charge in [0.2, 0.25) is 11.9 Å². The average molecular weight is 243 g/mol. The molecule has 2 heterocycles. The zero-order chi connectivity index (χ0) is 11.5. The van der Waals surface area contributed by atoms with Crippen LogP contribution in [0.3, 0.4) is 0 Å². The molecule has 1 aromatic heterocycles. The smallest absolute Gasteiger partial charge is 0.243 e. The molecule has 0 aromatic carbocycles. The molecule has 1 aromatic rings. The van der Waals surface area contributed by atoms with Crippen LogP contribution in [0.15, 0.2) is 12.3 Å². The van der Waals surface area contributed by atoms with Crippen molar-refractivity contribution in [2.24, 2.45) is 0 Å². The molecule has 0 saturated carbocycles. The van der Waals surface area contributed by atoms with Gasteiger partial charge in [0.1, 0.15) is 5.15 Å². The van der Waals surface area contributed by atoms with Gasteiger partial charge in [-0.25, -0.2) is 9.97 Å². The summed E-state index contributed by atoms with van der Waals surface area (Å²) in [5.41, 5.74) is 0. The van der Waals surface area contributed by atoms with Crippen molar-refractivity contribution < 1.29 is 9.90 Å². The molecule has 1 amide bonds. The van der Waals surface area contributed by atoms with E-state index in [0.29, 0.717) is 13.0 Å². The number of hydrogen-bond acceptors (Lipinski definition) is 5. The Bertz CT molecular complexity index is 401. The number of amides is 1. The standard InChI is InChI=1S/C9H11ClN4O2/c10-7-1-2-11-9(13-7)14-8(16)6-3-5(15)4-12-6/h1-2,5-6,12,15H,3-4H2,(H,11,13,14,16). The van der Waals surface area contributed by atoms with Gasteiger partial charge in [-0.2, -0.15) is 0 Å². The van der Waals surface area contributed by atoms with Crippen LogP contribution in [0.1, 0.15) is 6.42 Å². The van der Waals surface area contributed by atoms with Crippen LogP contribution in [0.25, 0.3) is 0 Å². The Hall–Kier alpha value is -1.24. The molecule has 1 aliphatic heterocycles. The second kappa shape index (κ2) is 4.73. The highest BCUT2D eigenvalue weighted by atomic mass is 35.5. The van der Waals surface area contributed by atoms with Crippen LogP contribution < -0.4 is 10.6 Å². The summed E-state index contributed by atoms with van der Waals surface area (Å²) < 4.78 is 0. The van der Waals surface area contributed by atoms with E-state index in [-0.39, 0.29) is 17.0 Å². The van der Waals surface area contributed by atoms with Gasteiger partial charge in [-0.15, -0.1) is 0 Å². The molecular formula is C9H11ClN4O2. The van der Waals surface area contributed by atoms with Gasteiger partial charge >= 0.3 is 0 Å². The van der Waals surface area contributed by atoms with E-state index in [1.807, 2.05) is 0 Å². The molecule has 2 atom stereocenters. The number of aliphatic hydroxyl groups is 1. The Balaban J connectivity index is 1.97. The molecule has 2 unspecified atom stereocenters. The Labute approximate surface area is 97.0 Å². The number of halogens is 1. The van der Waals surface area contributed by atoms with Gasteiger partial charge in [0.25, 0.3) is 0 Å². The highest BCUT2D eigenvalue weighted by molar-refractivity contribution is 6.29. The van der Waals surface area contributed by atoms with E-state index in [9.17, 15) is 9.90 Å². The highest BCUT2D eigenvalue weighted by Crippen LogP contribution is 2.10. The normalized spacial score (nSPS) is 24.4. The summed E-state index contributed by atoms with van der Waals surface area (Å²) in [7, 11) is 0. The van der Waals surface area contributed by atoms with Crippen LogP contribution in [-0.4, -0.2) is 39.7 Å². The van der Waals surface area contributed by atoms with Crippen molar-refractivity contribution in [1.82, 2.24) is 15.3 Å². The van der Waals surface area contributed by atoms with Gasteiger partial charge < -0.3 is 10.4 Å². The number of aliphatic hydroxyl groups excluding tert-OH is 1. The summed E-state index contributed by atoms with van der Waals surface area (Å²) >= 11 is 5.65. The molecule has 1 fully saturated rings. The van der Waals surface area contributed by atoms with Gasteiger partial charge in [-0.05, 0) is 12.5 Å². The number of nitrogens with zero attached hydrogens (tertiary/aromatic N) is 2. The first-order chi connectivity index (χ1) is 7.65. The zero-order valence-corrected chi connectivity index (χ0v) is 9.11. The SMILES string of the molecule is O=C(Nc1nccc(Cl)n1)C1CC(O)CN1. The first-order valence-electron chi connectivity index (χ1n) is 4.86. The molecule has 0 radical (unpaired) electrons. The number of anilines is 1. The van der Waals surface area contributed by atoms with Gasteiger partial charge in [0.05, 0.1) is 12.1 Å². The Morgan fingerprint density at radius 1 is 1.69 bits per heavy atom. The minimum absolute atomic E-state index is 0.167. The summed E-state index contributed by atoms with van der Waals surface area (Å²) in [5.74, 6) is -0.0977. The van der Waals surface area contributed by atoms with Crippen molar-refractivity contribution in [3.05, 3.63) is 17.4 Å². The summed E-state index contributed by atoms with van der Waals surface area (Å²) in [4.78, 5) is 19.4. The highest BCUT2D eigenvalue weighted by Gasteiger charge is 2.28. The fourth-order valence-electron chi connectivity index (χ4n) is 1.51. The molecule has 0 bridgehead atoms. The van der Waals surface area contributed by atoms with Crippen LogP contribution >= 0.6 is 11.6 Å². The lowest BCUT2D eigenvalue weighted by atomic mass is 10.2. The van der Waals surface area contributed by atoms with E-state index in [2.05, 4.69) is 20.6 Å². The van der Waals surface area contributed by atoms with Crippen molar-refractivity contribution in [1.29, 1.82) is 0 Å². The summed E-state index contributed by atoms with van der Waals surface area (Å²) in [6.07, 6.45) is 1.38. The Morgan fingerprint density at radius 3 is 3.12 bits per heavy atom. The number of carbonyl (C=O) groups is 1. The maximum Gasteiger partial charge on any atom is 0.243 e. The number of aromatic nitrogens is 2. The zero-order valence-electron chi connectivity index (χ0n) is 8.35. The van der Waals surface area contributed by atoms with Crippen LogP contribution in [0, 0.1) is 0 Å². The van der Waals surface area contributed by atoms with Crippen LogP contribution in [0.2, 0.25) is 5.15 Å². The fraction of sp³-hybridized carbons (Fsp3) is 0.444. The third-order valence-electron chi connectivity index (χ3n) is 2.28. The number of rotatable bonds is 2. The lowest BCUT2D eigenvalue weighted by molar-refractivity contribution is -0.118. The van der Waals surface area contributed by atoms with Crippen molar-refractivity contribution in [2.45, 2.75) is 18.6 Å². The molecule has 1 aliphatic rings. The first-order valence-corrected chi connectivity index (χ1v) is 5.24. The molecule has 1 saturated heterocycles. The quantitative estimate of drug-likeness (QED) is 0.625. The fourth-order valence-corrected chi connectivity index (χ4v) is 1.65. The summed E-state index contributed by atoms with van der Waals surface area (Å²) in [6, 6.07) is 1.12. The number of hydrogen-bond donors (Lipinski definition) is 3. The third-order valence-corrected chi connectivity index (χ3v) is 2.49. The maximum absolute atomic E-state index is 11.7. The third kappa shape index (κ3) is 2.66. The summed E-state index contributed by atoms with van der Waals surface area (Å²) in [5, 5.41) is 14.9. The molecule has 16 heavy (non-hydrogen) atoms. The van der Waals surface area contributed by atoms with Gasteiger partial charge in [-0.3, -0.25) is 10.1 Å².